The van der Waals surface area contributed by atoms with Crippen LogP contribution >= 0.6 is 11.6 Å². The first-order valence-electron chi connectivity index (χ1n) is 9.81. The van der Waals surface area contributed by atoms with Gasteiger partial charge in [0.25, 0.3) is 15.9 Å². The highest BCUT2D eigenvalue weighted by atomic mass is 35.5. The lowest BCUT2D eigenvalue weighted by atomic mass is 9.93. The number of carbonyl (C=O) groups is 1. The number of azo groups is 1. The lowest BCUT2D eigenvalue weighted by molar-refractivity contribution is 0.0994. The zero-order valence-electron chi connectivity index (χ0n) is 17.1. The highest BCUT2D eigenvalue weighted by Crippen LogP contribution is 2.41. The summed E-state index contributed by atoms with van der Waals surface area (Å²) < 4.78 is 28.4. The quantitative estimate of drug-likeness (QED) is 0.263. The van der Waals surface area contributed by atoms with Crippen molar-refractivity contribution in [2.24, 2.45) is 10.2 Å². The van der Waals surface area contributed by atoms with Crippen molar-refractivity contribution in [1.82, 2.24) is 0 Å². The van der Waals surface area contributed by atoms with Crippen LogP contribution in [0.4, 0.5) is 11.4 Å². The van der Waals surface area contributed by atoms with Crippen LogP contribution in [0.25, 0.3) is 0 Å². The largest absolute Gasteiger partial charge is 0.508 e. The molecule has 8 nitrogen and oxygen atoms in total. The first-order valence-corrected chi connectivity index (χ1v) is 11.7. The number of amides is 1. The number of phenolic OH excluding ortho intramolecular Hbond substituents is 2. The Morgan fingerprint density at radius 3 is 2.36 bits per heavy atom. The molecule has 1 amide bonds. The van der Waals surface area contributed by atoms with E-state index in [2.05, 4.69) is 15.0 Å². The summed E-state index contributed by atoms with van der Waals surface area (Å²) in [5, 5.41) is 28.1. The van der Waals surface area contributed by atoms with E-state index in [1.807, 2.05) is 12.2 Å². The normalized spacial score (nSPS) is 13.1. The molecule has 3 aromatic rings. The van der Waals surface area contributed by atoms with Crippen molar-refractivity contribution in [2.75, 3.05) is 4.72 Å². The number of hydrogen-bond acceptors (Lipinski definition) is 6. The Balaban J connectivity index is 1.72. The van der Waals surface area contributed by atoms with E-state index in [0.717, 1.165) is 0 Å². The Labute approximate surface area is 194 Å². The van der Waals surface area contributed by atoms with Gasteiger partial charge in [-0.1, -0.05) is 29.8 Å². The number of halogens is 1. The third-order valence-corrected chi connectivity index (χ3v) is 6.65. The molecule has 0 aliphatic heterocycles. The van der Waals surface area contributed by atoms with Crippen molar-refractivity contribution in [3.63, 3.8) is 0 Å². The van der Waals surface area contributed by atoms with E-state index in [-0.39, 0.29) is 33.3 Å². The van der Waals surface area contributed by atoms with E-state index in [1.54, 1.807) is 0 Å². The molecular weight excluding hydrogens is 466 g/mol. The highest BCUT2D eigenvalue weighted by Gasteiger charge is 2.23. The summed E-state index contributed by atoms with van der Waals surface area (Å²) in [5.41, 5.74) is 1.37. The summed E-state index contributed by atoms with van der Waals surface area (Å²) in [5.74, 6) is -1.01. The van der Waals surface area contributed by atoms with Gasteiger partial charge in [-0.15, -0.1) is 10.2 Å². The second kappa shape index (κ2) is 9.05. The molecule has 3 aromatic carbocycles. The second-order valence-electron chi connectivity index (χ2n) is 7.24. The third kappa shape index (κ3) is 4.89. The van der Waals surface area contributed by atoms with Crippen LogP contribution in [0.1, 0.15) is 21.5 Å². The Morgan fingerprint density at radius 1 is 0.970 bits per heavy atom. The van der Waals surface area contributed by atoms with Crippen molar-refractivity contribution in [2.45, 2.75) is 17.7 Å². The van der Waals surface area contributed by atoms with Gasteiger partial charge in [0, 0.05) is 16.1 Å². The summed E-state index contributed by atoms with van der Waals surface area (Å²) in [4.78, 5) is 12.3. The van der Waals surface area contributed by atoms with Gasteiger partial charge in [0.1, 0.15) is 17.2 Å². The number of allylic oxidation sites excluding steroid dienone is 2. The molecule has 10 heteroatoms. The lowest BCUT2D eigenvalue weighted by Gasteiger charge is -2.19. The predicted octanol–water partition coefficient (Wildman–Crippen LogP) is 5.13. The van der Waals surface area contributed by atoms with Crippen molar-refractivity contribution in [1.29, 1.82) is 0 Å². The number of rotatable bonds is 5. The maximum atomic E-state index is 12.9. The number of carbonyl (C=O) groups excluding carboxylic acids is 1. The topological polar surface area (TPSA) is 128 Å². The van der Waals surface area contributed by atoms with Gasteiger partial charge in [-0.2, -0.15) is 0 Å². The standard InChI is InChI=1S/C23H18ClN3O5S/c24-15-8-10-17(11-9-15)33(31,32)27-20-13-21(22(29)19-7-2-1-6-18(19)20)25-26-23(30)14-4-3-5-16(28)12-14/h1-5,8-13,27-29H,6-7H2. The molecule has 3 N–H and O–H groups in total. The molecule has 0 unspecified atom stereocenters. The average molecular weight is 484 g/mol. The molecule has 4 rings (SSSR count). The Kier molecular flexibility index (Phi) is 6.17. The number of phenols is 2. The van der Waals surface area contributed by atoms with E-state index in [1.165, 1.54) is 54.6 Å². The van der Waals surface area contributed by atoms with Gasteiger partial charge in [-0.05, 0) is 66.9 Å². The molecule has 168 valence electrons. The highest BCUT2D eigenvalue weighted by molar-refractivity contribution is 7.92. The SMILES string of the molecule is O=C(N=Nc1cc(NS(=O)(=O)c2ccc(Cl)cc2)c2c(c1O)CC=CC2)c1cccc(O)c1. The van der Waals surface area contributed by atoms with Gasteiger partial charge < -0.3 is 10.2 Å². The molecule has 1 aliphatic carbocycles. The summed E-state index contributed by atoms with van der Waals surface area (Å²) >= 11 is 5.85. The minimum Gasteiger partial charge on any atom is -0.508 e. The molecule has 0 saturated heterocycles. The van der Waals surface area contributed by atoms with Crippen molar-refractivity contribution in [3.8, 4) is 11.5 Å². The lowest BCUT2D eigenvalue weighted by Crippen LogP contribution is -2.15. The van der Waals surface area contributed by atoms with Gasteiger partial charge >= 0.3 is 0 Å². The number of sulfonamides is 1. The molecule has 0 atom stereocenters. The predicted molar refractivity (Wildman–Crippen MR) is 124 cm³/mol. The number of hydrogen-bond donors (Lipinski definition) is 3. The Bertz CT molecular complexity index is 1400. The molecule has 0 fully saturated rings. The number of benzene rings is 3. The van der Waals surface area contributed by atoms with Gasteiger partial charge in [-0.3, -0.25) is 9.52 Å². The zero-order valence-corrected chi connectivity index (χ0v) is 18.6. The second-order valence-corrected chi connectivity index (χ2v) is 9.36. The van der Waals surface area contributed by atoms with E-state index in [9.17, 15) is 23.4 Å². The van der Waals surface area contributed by atoms with E-state index >= 15 is 0 Å². The molecule has 0 bridgehead atoms. The summed E-state index contributed by atoms with van der Waals surface area (Å²) in [6.45, 7) is 0. The number of aromatic hydroxyl groups is 2. The van der Waals surface area contributed by atoms with Crippen LogP contribution < -0.4 is 4.72 Å². The minimum atomic E-state index is -3.95. The first-order chi connectivity index (χ1) is 15.7. The molecule has 33 heavy (non-hydrogen) atoms. The number of fused-ring (bicyclic) bond motifs is 1. The minimum absolute atomic E-state index is 0.0160. The molecule has 0 radical (unpaired) electrons. The third-order valence-electron chi connectivity index (χ3n) is 5.02. The van der Waals surface area contributed by atoms with E-state index < -0.39 is 15.9 Å². The number of anilines is 1. The summed E-state index contributed by atoms with van der Waals surface area (Å²) in [6, 6.07) is 12.6. The summed E-state index contributed by atoms with van der Waals surface area (Å²) in [7, 11) is -3.95. The van der Waals surface area contributed by atoms with Crippen LogP contribution in [-0.2, 0) is 22.9 Å². The molecule has 0 spiro atoms. The van der Waals surface area contributed by atoms with Gasteiger partial charge in [0.2, 0.25) is 0 Å². The van der Waals surface area contributed by atoms with Crippen LogP contribution in [-0.4, -0.2) is 24.5 Å². The van der Waals surface area contributed by atoms with Crippen LogP contribution in [0.3, 0.4) is 0 Å². The van der Waals surface area contributed by atoms with Crippen LogP contribution in [0, 0.1) is 0 Å². The van der Waals surface area contributed by atoms with E-state index in [4.69, 9.17) is 11.6 Å². The van der Waals surface area contributed by atoms with E-state index in [0.29, 0.717) is 29.0 Å². The fourth-order valence-electron chi connectivity index (χ4n) is 3.39. The fourth-order valence-corrected chi connectivity index (χ4v) is 4.60. The fraction of sp³-hybridized carbons (Fsp3) is 0.0870. The van der Waals surface area contributed by atoms with Crippen molar-refractivity contribution >= 4 is 38.9 Å². The Hall–Kier alpha value is -3.69. The average Bonchev–Trinajstić information content (AvgIpc) is 2.80. The van der Waals surface area contributed by atoms with Gasteiger partial charge in [0.05, 0.1) is 10.6 Å². The maximum absolute atomic E-state index is 12.9. The number of nitrogens with zero attached hydrogens (tertiary/aromatic N) is 2. The van der Waals surface area contributed by atoms with Crippen LogP contribution in [0.15, 0.2) is 81.9 Å². The molecule has 1 aliphatic rings. The maximum Gasteiger partial charge on any atom is 0.295 e. The van der Waals surface area contributed by atoms with Crippen molar-refractivity contribution in [3.05, 3.63) is 88.5 Å². The number of nitrogens with one attached hydrogen (secondary N) is 1. The van der Waals surface area contributed by atoms with Crippen LogP contribution in [0.2, 0.25) is 5.02 Å². The van der Waals surface area contributed by atoms with Crippen molar-refractivity contribution < 1.29 is 23.4 Å². The zero-order chi connectivity index (χ0) is 23.6. The molecular formula is C23H18ClN3O5S. The van der Waals surface area contributed by atoms with Crippen LogP contribution in [0.5, 0.6) is 11.5 Å². The molecule has 0 aromatic heterocycles. The monoisotopic (exact) mass is 483 g/mol. The molecule has 0 saturated carbocycles. The molecule has 0 heterocycles. The first kappa shape index (κ1) is 22.5. The van der Waals surface area contributed by atoms with Gasteiger partial charge in [0.15, 0.2) is 0 Å². The smallest absolute Gasteiger partial charge is 0.295 e. The van der Waals surface area contributed by atoms with Gasteiger partial charge in [-0.25, -0.2) is 8.42 Å². The summed E-state index contributed by atoms with van der Waals surface area (Å²) in [6.07, 6.45) is 4.48. The Morgan fingerprint density at radius 2 is 1.67 bits per heavy atom.